The van der Waals surface area contributed by atoms with Crippen LogP contribution < -0.4 is 15.4 Å². The molecule has 2 aliphatic rings. The van der Waals surface area contributed by atoms with E-state index in [1.807, 2.05) is 0 Å². The molecule has 3 N–H and O–H groups in total. The molecular weight excluding hydrogens is 375 g/mol. The lowest BCUT2D eigenvalue weighted by Crippen LogP contribution is -2.30. The molecule has 2 heterocycles. The number of rotatable bonds is 1. The third-order valence-corrected chi connectivity index (χ3v) is 3.61. The number of non-ortho nitro benzene ring substituents is 1. The van der Waals surface area contributed by atoms with Crippen molar-refractivity contribution in [2.24, 2.45) is 0 Å². The minimum Gasteiger partial charge on any atom is -0.475 e. The number of aliphatic carboxylic acids is 1. The summed E-state index contributed by atoms with van der Waals surface area (Å²) in [5, 5.41) is 23.8. The predicted octanol–water partition coefficient (Wildman–Crippen LogP) is 2.20. The van der Waals surface area contributed by atoms with Crippen LogP contribution in [0, 0.1) is 10.1 Å². The smallest absolute Gasteiger partial charge is 0.475 e. The third kappa shape index (κ3) is 5.17. The molecule has 3 rings (SSSR count). The number of hydrogen-bond donors (Lipinski definition) is 3. The van der Waals surface area contributed by atoms with E-state index in [1.165, 1.54) is 18.2 Å². The third-order valence-electron chi connectivity index (χ3n) is 3.61. The van der Waals surface area contributed by atoms with Gasteiger partial charge in [0, 0.05) is 6.07 Å². The zero-order chi connectivity index (χ0) is 20.2. The molecular formula is C15H14F3N3O6. The van der Waals surface area contributed by atoms with E-state index in [0.717, 1.165) is 31.5 Å². The highest BCUT2D eigenvalue weighted by molar-refractivity contribution is 6.06. The number of hydrogen-bond acceptors (Lipinski definition) is 6. The Hall–Kier alpha value is -3.15. The average Bonchev–Trinajstić information content (AvgIpc) is 2.61. The van der Waals surface area contributed by atoms with Crippen molar-refractivity contribution in [2.45, 2.75) is 19.0 Å². The Morgan fingerprint density at radius 2 is 1.85 bits per heavy atom. The lowest BCUT2D eigenvalue weighted by atomic mass is 10.0. The first kappa shape index (κ1) is 20.2. The fraction of sp³-hybridized carbons (Fsp3) is 0.333. The Bertz CT molecular complexity index is 798. The van der Waals surface area contributed by atoms with E-state index in [2.05, 4.69) is 10.6 Å². The fourth-order valence-corrected chi connectivity index (χ4v) is 2.34. The number of piperidine rings is 1. The van der Waals surface area contributed by atoms with Gasteiger partial charge in [-0.05, 0) is 37.6 Å². The van der Waals surface area contributed by atoms with Gasteiger partial charge in [0.15, 0.2) is 11.5 Å². The summed E-state index contributed by atoms with van der Waals surface area (Å²) in [7, 11) is 0. The maximum Gasteiger partial charge on any atom is 0.490 e. The Morgan fingerprint density at radius 1 is 1.26 bits per heavy atom. The van der Waals surface area contributed by atoms with Gasteiger partial charge in [-0.1, -0.05) is 0 Å². The van der Waals surface area contributed by atoms with Crippen LogP contribution in [0.1, 0.15) is 12.8 Å². The lowest BCUT2D eigenvalue weighted by molar-refractivity contribution is -0.384. The zero-order valence-electron chi connectivity index (χ0n) is 13.6. The highest BCUT2D eigenvalue weighted by atomic mass is 19.4. The van der Waals surface area contributed by atoms with Crippen LogP contribution >= 0.6 is 0 Å². The number of nitro benzene ring substituents is 1. The van der Waals surface area contributed by atoms with Crippen molar-refractivity contribution < 1.29 is 37.5 Å². The van der Waals surface area contributed by atoms with E-state index in [0.29, 0.717) is 11.4 Å². The van der Waals surface area contributed by atoms with E-state index < -0.39 is 17.1 Å². The molecule has 1 aromatic carbocycles. The molecule has 1 aromatic rings. The lowest BCUT2D eigenvalue weighted by Gasteiger charge is -2.24. The Labute approximate surface area is 150 Å². The standard InChI is InChI=1S/C13H13N3O4.C2HF3O2/c17-13-12(8-3-5-14-6-4-8)20-11-7-9(16(18)19)1-2-10(11)15-13;3-2(4,5)1(6)7/h1-2,7,14H,3-6H2,(H,15,17);(H,6,7). The van der Waals surface area contributed by atoms with Gasteiger partial charge in [-0.15, -0.1) is 0 Å². The molecule has 9 nitrogen and oxygen atoms in total. The molecule has 0 atom stereocenters. The van der Waals surface area contributed by atoms with Crippen LogP contribution in [-0.2, 0) is 9.59 Å². The number of nitro groups is 1. The second-order valence-electron chi connectivity index (χ2n) is 5.48. The molecule has 0 bridgehead atoms. The monoisotopic (exact) mass is 389 g/mol. The topological polar surface area (TPSA) is 131 Å². The summed E-state index contributed by atoms with van der Waals surface area (Å²) in [5.41, 5.74) is 1.34. The summed E-state index contributed by atoms with van der Waals surface area (Å²) in [6, 6.07) is 4.15. The molecule has 2 aliphatic heterocycles. The van der Waals surface area contributed by atoms with Gasteiger partial charge in [0.2, 0.25) is 0 Å². The maximum atomic E-state index is 12.0. The molecule has 0 aliphatic carbocycles. The van der Waals surface area contributed by atoms with Crippen LogP contribution in [0.5, 0.6) is 5.75 Å². The number of anilines is 1. The van der Waals surface area contributed by atoms with Gasteiger partial charge < -0.3 is 20.5 Å². The first-order valence-corrected chi connectivity index (χ1v) is 7.60. The molecule has 0 aromatic heterocycles. The minimum atomic E-state index is -5.08. The first-order chi connectivity index (χ1) is 12.6. The van der Waals surface area contributed by atoms with Gasteiger partial charge in [-0.2, -0.15) is 13.2 Å². The van der Waals surface area contributed by atoms with Gasteiger partial charge in [-0.25, -0.2) is 4.79 Å². The Balaban J connectivity index is 0.000000321. The second-order valence-corrected chi connectivity index (χ2v) is 5.48. The van der Waals surface area contributed by atoms with E-state index >= 15 is 0 Å². The van der Waals surface area contributed by atoms with Crippen molar-refractivity contribution >= 4 is 23.3 Å². The zero-order valence-corrected chi connectivity index (χ0v) is 13.6. The highest BCUT2D eigenvalue weighted by Crippen LogP contribution is 2.35. The molecule has 1 saturated heterocycles. The van der Waals surface area contributed by atoms with Crippen molar-refractivity contribution in [1.29, 1.82) is 0 Å². The number of ether oxygens (including phenoxy) is 1. The van der Waals surface area contributed by atoms with Crippen LogP contribution in [0.3, 0.4) is 0 Å². The molecule has 0 radical (unpaired) electrons. The van der Waals surface area contributed by atoms with Crippen molar-refractivity contribution in [2.75, 3.05) is 18.4 Å². The molecule has 1 amide bonds. The number of nitrogens with one attached hydrogen (secondary N) is 2. The Morgan fingerprint density at radius 3 is 2.37 bits per heavy atom. The SMILES string of the molecule is O=C(O)C(F)(F)F.O=C1Nc2ccc([N+](=O)[O-])cc2OC1=C1CCNCC1. The second kappa shape index (κ2) is 8.03. The summed E-state index contributed by atoms with van der Waals surface area (Å²) < 4.78 is 37.3. The van der Waals surface area contributed by atoms with E-state index in [-0.39, 0.29) is 17.4 Å². The number of carbonyl (C=O) groups is 2. The normalized spacial score (nSPS) is 16.3. The predicted molar refractivity (Wildman–Crippen MR) is 85.2 cm³/mol. The first-order valence-electron chi connectivity index (χ1n) is 7.60. The van der Waals surface area contributed by atoms with Crippen molar-refractivity contribution in [1.82, 2.24) is 5.32 Å². The molecule has 0 saturated carbocycles. The number of carbonyl (C=O) groups excluding carboxylic acids is 1. The van der Waals surface area contributed by atoms with E-state index in [4.69, 9.17) is 14.6 Å². The van der Waals surface area contributed by atoms with Crippen LogP contribution in [0.4, 0.5) is 24.5 Å². The molecule has 0 unspecified atom stereocenters. The largest absolute Gasteiger partial charge is 0.490 e. The van der Waals surface area contributed by atoms with Gasteiger partial charge in [-0.3, -0.25) is 14.9 Å². The molecule has 1 fully saturated rings. The van der Waals surface area contributed by atoms with Gasteiger partial charge in [0.05, 0.1) is 16.7 Å². The van der Waals surface area contributed by atoms with Crippen molar-refractivity contribution in [3.05, 3.63) is 39.6 Å². The van der Waals surface area contributed by atoms with E-state index in [9.17, 15) is 28.1 Å². The van der Waals surface area contributed by atoms with Crippen LogP contribution in [0.2, 0.25) is 0 Å². The Kier molecular flexibility index (Phi) is 6.00. The number of alkyl halides is 3. The average molecular weight is 389 g/mol. The van der Waals surface area contributed by atoms with Crippen LogP contribution in [0.25, 0.3) is 0 Å². The minimum absolute atomic E-state index is 0.0606. The number of carboxylic acid groups (broad SMARTS) is 1. The number of nitrogens with zero attached hydrogens (tertiary/aromatic N) is 1. The molecule has 0 spiro atoms. The van der Waals surface area contributed by atoms with Crippen LogP contribution in [-0.4, -0.2) is 41.2 Å². The van der Waals surface area contributed by atoms with Gasteiger partial charge >= 0.3 is 12.1 Å². The maximum absolute atomic E-state index is 12.0. The summed E-state index contributed by atoms with van der Waals surface area (Å²) in [4.78, 5) is 31.2. The van der Waals surface area contributed by atoms with Crippen molar-refractivity contribution in [3.8, 4) is 5.75 Å². The van der Waals surface area contributed by atoms with Gasteiger partial charge in [0.1, 0.15) is 0 Å². The number of fused-ring (bicyclic) bond motifs is 1. The summed E-state index contributed by atoms with van der Waals surface area (Å²) in [6.45, 7) is 1.61. The van der Waals surface area contributed by atoms with Crippen molar-refractivity contribution in [3.63, 3.8) is 0 Å². The summed E-state index contributed by atoms with van der Waals surface area (Å²) >= 11 is 0. The molecule has 12 heteroatoms. The highest BCUT2D eigenvalue weighted by Gasteiger charge is 2.38. The molecule has 27 heavy (non-hydrogen) atoms. The number of carboxylic acids is 1. The summed E-state index contributed by atoms with van der Waals surface area (Å²) in [5.74, 6) is -2.45. The number of halogens is 3. The van der Waals surface area contributed by atoms with Crippen LogP contribution in [0.15, 0.2) is 29.5 Å². The number of benzene rings is 1. The van der Waals surface area contributed by atoms with Gasteiger partial charge in [0.25, 0.3) is 11.6 Å². The summed E-state index contributed by atoms with van der Waals surface area (Å²) in [6.07, 6.45) is -3.60. The fourth-order valence-electron chi connectivity index (χ4n) is 2.34. The van der Waals surface area contributed by atoms with E-state index in [1.54, 1.807) is 0 Å². The number of amides is 1. The quantitative estimate of drug-likeness (QED) is 0.381. The molecule has 146 valence electrons.